The molecule has 2 nitrogen and oxygen atoms in total. The number of rotatable bonds is 2. The van der Waals surface area contributed by atoms with Crippen molar-refractivity contribution in [3.8, 4) is 5.75 Å². The van der Waals surface area contributed by atoms with E-state index in [2.05, 4.69) is 27.3 Å². The standard InChI is InChI=1S/C13H16BrNO/c1-16-12-7-10(14)6-9-4-5-11(8-2-3-8)15-13(9)12/h6-8,11,15H,2-5H2,1H3. The largest absolute Gasteiger partial charge is 0.495 e. The molecule has 1 aromatic carbocycles. The van der Waals surface area contributed by atoms with Gasteiger partial charge in [-0.25, -0.2) is 0 Å². The zero-order valence-electron chi connectivity index (χ0n) is 9.42. The number of methoxy groups -OCH3 is 1. The van der Waals surface area contributed by atoms with E-state index in [0.29, 0.717) is 6.04 Å². The third-order valence-corrected chi connectivity index (χ3v) is 4.07. The van der Waals surface area contributed by atoms with E-state index in [1.165, 1.54) is 36.9 Å². The Morgan fingerprint density at radius 2 is 2.12 bits per heavy atom. The van der Waals surface area contributed by atoms with Crippen molar-refractivity contribution in [2.75, 3.05) is 12.4 Å². The van der Waals surface area contributed by atoms with E-state index in [1.54, 1.807) is 7.11 Å². The number of halogens is 1. The smallest absolute Gasteiger partial charge is 0.143 e. The van der Waals surface area contributed by atoms with Crippen molar-refractivity contribution in [3.05, 3.63) is 22.2 Å². The van der Waals surface area contributed by atoms with Crippen molar-refractivity contribution in [2.24, 2.45) is 5.92 Å². The minimum absolute atomic E-state index is 0.669. The van der Waals surface area contributed by atoms with E-state index < -0.39 is 0 Å². The lowest BCUT2D eigenvalue weighted by Crippen LogP contribution is -2.27. The van der Waals surface area contributed by atoms with Crippen molar-refractivity contribution in [2.45, 2.75) is 31.7 Å². The molecule has 1 aliphatic carbocycles. The number of fused-ring (bicyclic) bond motifs is 1. The third kappa shape index (κ3) is 1.81. The number of aryl methyl sites for hydroxylation is 1. The number of hydrogen-bond acceptors (Lipinski definition) is 2. The van der Waals surface area contributed by atoms with Gasteiger partial charge >= 0.3 is 0 Å². The van der Waals surface area contributed by atoms with Gasteiger partial charge in [-0.1, -0.05) is 15.9 Å². The first-order valence-electron chi connectivity index (χ1n) is 5.91. The quantitative estimate of drug-likeness (QED) is 0.895. The highest BCUT2D eigenvalue weighted by Crippen LogP contribution is 2.43. The van der Waals surface area contributed by atoms with Crippen LogP contribution in [0, 0.1) is 5.92 Å². The molecule has 0 radical (unpaired) electrons. The molecule has 0 spiro atoms. The maximum Gasteiger partial charge on any atom is 0.143 e. The van der Waals surface area contributed by atoms with Crippen LogP contribution >= 0.6 is 15.9 Å². The second-order valence-corrected chi connectivity index (χ2v) is 5.68. The van der Waals surface area contributed by atoms with Gasteiger partial charge in [0.25, 0.3) is 0 Å². The Balaban J connectivity index is 1.94. The van der Waals surface area contributed by atoms with Crippen LogP contribution < -0.4 is 10.1 Å². The minimum atomic E-state index is 0.669. The summed E-state index contributed by atoms with van der Waals surface area (Å²) in [6.07, 6.45) is 5.22. The van der Waals surface area contributed by atoms with E-state index >= 15 is 0 Å². The zero-order chi connectivity index (χ0) is 11.1. The predicted molar refractivity (Wildman–Crippen MR) is 69.1 cm³/mol. The molecular formula is C13H16BrNO. The van der Waals surface area contributed by atoms with Gasteiger partial charge in [0.1, 0.15) is 5.75 Å². The fourth-order valence-electron chi connectivity index (χ4n) is 2.58. The lowest BCUT2D eigenvalue weighted by molar-refractivity contribution is 0.412. The first-order chi connectivity index (χ1) is 7.78. The summed E-state index contributed by atoms with van der Waals surface area (Å²) in [5.41, 5.74) is 2.59. The Morgan fingerprint density at radius 3 is 2.81 bits per heavy atom. The molecule has 0 saturated heterocycles. The number of ether oxygens (including phenoxy) is 1. The molecule has 1 heterocycles. The van der Waals surface area contributed by atoms with E-state index in [-0.39, 0.29) is 0 Å². The second kappa shape index (κ2) is 3.95. The summed E-state index contributed by atoms with van der Waals surface area (Å²) >= 11 is 3.53. The molecule has 1 atom stereocenters. The summed E-state index contributed by atoms with van der Waals surface area (Å²) in [6.45, 7) is 0. The molecule has 0 aromatic heterocycles. The van der Waals surface area contributed by atoms with Gasteiger partial charge in [0, 0.05) is 10.5 Å². The van der Waals surface area contributed by atoms with E-state index in [9.17, 15) is 0 Å². The first kappa shape index (κ1) is 10.5. The maximum absolute atomic E-state index is 5.45. The molecule has 1 fully saturated rings. The average molecular weight is 282 g/mol. The lowest BCUT2D eigenvalue weighted by atomic mass is 9.95. The van der Waals surface area contributed by atoms with Crippen LogP contribution in [0.4, 0.5) is 5.69 Å². The van der Waals surface area contributed by atoms with Crippen molar-refractivity contribution in [3.63, 3.8) is 0 Å². The highest BCUT2D eigenvalue weighted by molar-refractivity contribution is 9.10. The fraction of sp³-hybridized carbons (Fsp3) is 0.538. The summed E-state index contributed by atoms with van der Waals surface area (Å²) < 4.78 is 6.56. The Hall–Kier alpha value is -0.700. The van der Waals surface area contributed by atoms with Gasteiger partial charge in [-0.05, 0) is 49.3 Å². The van der Waals surface area contributed by atoms with Crippen LogP contribution in [-0.4, -0.2) is 13.2 Å². The molecule has 0 bridgehead atoms. The normalized spacial score (nSPS) is 23.5. The monoisotopic (exact) mass is 281 g/mol. The SMILES string of the molecule is COc1cc(Br)cc2c1NC(C1CC1)CC2. The summed E-state index contributed by atoms with van der Waals surface area (Å²) in [5.74, 6) is 1.87. The van der Waals surface area contributed by atoms with Crippen LogP contribution in [-0.2, 0) is 6.42 Å². The molecule has 1 saturated carbocycles. The summed E-state index contributed by atoms with van der Waals surface area (Å²) in [7, 11) is 1.74. The molecule has 86 valence electrons. The van der Waals surface area contributed by atoms with E-state index in [4.69, 9.17) is 4.74 Å². The Morgan fingerprint density at radius 1 is 1.31 bits per heavy atom. The minimum Gasteiger partial charge on any atom is -0.495 e. The van der Waals surface area contributed by atoms with Crippen molar-refractivity contribution < 1.29 is 4.74 Å². The highest BCUT2D eigenvalue weighted by Gasteiger charge is 2.34. The van der Waals surface area contributed by atoms with Crippen LogP contribution in [0.5, 0.6) is 5.75 Å². The van der Waals surface area contributed by atoms with Crippen molar-refractivity contribution >= 4 is 21.6 Å². The molecule has 2 aliphatic rings. The van der Waals surface area contributed by atoms with Crippen molar-refractivity contribution in [1.29, 1.82) is 0 Å². The summed E-state index contributed by atoms with van der Waals surface area (Å²) in [4.78, 5) is 0. The topological polar surface area (TPSA) is 21.3 Å². The van der Waals surface area contributed by atoms with Crippen LogP contribution in [0.25, 0.3) is 0 Å². The van der Waals surface area contributed by atoms with Gasteiger partial charge in [-0.15, -0.1) is 0 Å². The van der Waals surface area contributed by atoms with E-state index in [1.807, 2.05) is 6.07 Å². The first-order valence-corrected chi connectivity index (χ1v) is 6.70. The third-order valence-electron chi connectivity index (χ3n) is 3.61. The number of hydrogen-bond donors (Lipinski definition) is 1. The van der Waals surface area contributed by atoms with Crippen LogP contribution in [0.1, 0.15) is 24.8 Å². The van der Waals surface area contributed by atoms with Gasteiger partial charge in [0.05, 0.1) is 12.8 Å². The predicted octanol–water partition coefficient (Wildman–Crippen LogP) is 3.59. The molecule has 0 amide bonds. The Bertz CT molecular complexity index is 397. The number of benzene rings is 1. The molecule has 1 unspecified atom stereocenters. The molecule has 3 rings (SSSR count). The number of nitrogens with one attached hydrogen (secondary N) is 1. The molecule has 1 aromatic rings. The Kier molecular flexibility index (Phi) is 2.58. The molecule has 16 heavy (non-hydrogen) atoms. The van der Waals surface area contributed by atoms with Gasteiger partial charge in [0.2, 0.25) is 0 Å². The highest BCUT2D eigenvalue weighted by atomic mass is 79.9. The summed E-state index contributed by atoms with van der Waals surface area (Å²) in [6, 6.07) is 4.91. The maximum atomic E-state index is 5.45. The van der Waals surface area contributed by atoms with Gasteiger partial charge in [0.15, 0.2) is 0 Å². The van der Waals surface area contributed by atoms with Crippen LogP contribution in [0.15, 0.2) is 16.6 Å². The fourth-order valence-corrected chi connectivity index (χ4v) is 3.06. The average Bonchev–Trinajstić information content (AvgIpc) is 3.11. The summed E-state index contributed by atoms with van der Waals surface area (Å²) in [5, 5.41) is 3.66. The molecule has 1 aliphatic heterocycles. The van der Waals surface area contributed by atoms with Crippen LogP contribution in [0.2, 0.25) is 0 Å². The lowest BCUT2D eigenvalue weighted by Gasteiger charge is -2.28. The van der Waals surface area contributed by atoms with Crippen molar-refractivity contribution in [1.82, 2.24) is 0 Å². The zero-order valence-corrected chi connectivity index (χ0v) is 11.0. The van der Waals surface area contributed by atoms with Crippen LogP contribution in [0.3, 0.4) is 0 Å². The molecule has 3 heteroatoms. The Labute approximate surface area is 105 Å². The molecule has 1 N–H and O–H groups in total. The second-order valence-electron chi connectivity index (χ2n) is 4.77. The molecular weight excluding hydrogens is 266 g/mol. The van der Waals surface area contributed by atoms with E-state index in [0.717, 1.165) is 16.1 Å². The van der Waals surface area contributed by atoms with Gasteiger partial charge < -0.3 is 10.1 Å². The van der Waals surface area contributed by atoms with Gasteiger partial charge in [-0.3, -0.25) is 0 Å². The van der Waals surface area contributed by atoms with Gasteiger partial charge in [-0.2, -0.15) is 0 Å². The number of anilines is 1.